The maximum atomic E-state index is 13.3. The first kappa shape index (κ1) is 26.1. The molecule has 3 aromatic rings. The summed E-state index contributed by atoms with van der Waals surface area (Å²) in [4.78, 5) is 29.8. The van der Waals surface area contributed by atoms with Crippen LogP contribution >= 0.6 is 0 Å². The molecule has 1 aromatic heterocycles. The van der Waals surface area contributed by atoms with Gasteiger partial charge in [-0.15, -0.1) is 0 Å². The van der Waals surface area contributed by atoms with E-state index in [1.807, 2.05) is 37.3 Å². The lowest BCUT2D eigenvalue weighted by Gasteiger charge is -2.63. The molecule has 0 bridgehead atoms. The van der Waals surface area contributed by atoms with Gasteiger partial charge in [0.15, 0.2) is 0 Å². The Labute approximate surface area is 221 Å². The number of fused-ring (bicyclic) bond motifs is 1. The van der Waals surface area contributed by atoms with Crippen LogP contribution in [0, 0.1) is 12.3 Å². The number of amides is 2. The molecule has 0 atom stereocenters. The smallest absolute Gasteiger partial charge is 0.245 e. The van der Waals surface area contributed by atoms with Gasteiger partial charge in [-0.3, -0.25) is 19.8 Å². The van der Waals surface area contributed by atoms with Crippen molar-refractivity contribution in [3.63, 3.8) is 0 Å². The Balaban J connectivity index is 1.27. The van der Waals surface area contributed by atoms with Crippen LogP contribution in [-0.2, 0) is 26.2 Å². The van der Waals surface area contributed by atoms with E-state index in [-0.39, 0.29) is 22.6 Å². The van der Waals surface area contributed by atoms with Crippen molar-refractivity contribution in [3.05, 3.63) is 65.9 Å². The molecule has 1 aliphatic heterocycles. The van der Waals surface area contributed by atoms with Crippen LogP contribution in [0.2, 0.25) is 0 Å². The van der Waals surface area contributed by atoms with Crippen molar-refractivity contribution >= 4 is 32.7 Å². The second kappa shape index (κ2) is 9.64. The lowest BCUT2D eigenvalue weighted by atomic mass is 9.53. The van der Waals surface area contributed by atoms with Crippen molar-refractivity contribution in [3.8, 4) is 5.75 Å². The number of pyridine rings is 1. The van der Waals surface area contributed by atoms with Gasteiger partial charge in [0.1, 0.15) is 12.4 Å². The van der Waals surface area contributed by atoms with Crippen LogP contribution in [0.5, 0.6) is 5.75 Å². The summed E-state index contributed by atoms with van der Waals surface area (Å²) < 4.78 is 35.2. The summed E-state index contributed by atoms with van der Waals surface area (Å²) in [6, 6.07) is 15.9. The van der Waals surface area contributed by atoms with Gasteiger partial charge >= 0.3 is 0 Å². The van der Waals surface area contributed by atoms with Crippen molar-refractivity contribution in [1.82, 2.24) is 20.1 Å². The van der Waals surface area contributed by atoms with Crippen molar-refractivity contribution in [2.75, 3.05) is 13.1 Å². The molecule has 2 aliphatic rings. The van der Waals surface area contributed by atoms with Gasteiger partial charge in [-0.1, -0.05) is 18.2 Å². The van der Waals surface area contributed by atoms with Crippen LogP contribution in [0.4, 0.5) is 0 Å². The van der Waals surface area contributed by atoms with Crippen molar-refractivity contribution in [2.24, 2.45) is 5.41 Å². The van der Waals surface area contributed by atoms with E-state index in [1.54, 1.807) is 22.5 Å². The Bertz CT molecular complexity index is 1490. The van der Waals surface area contributed by atoms with Crippen LogP contribution in [0.3, 0.4) is 0 Å². The summed E-state index contributed by atoms with van der Waals surface area (Å²) in [6.45, 7) is 4.78. The fourth-order valence-corrected chi connectivity index (χ4v) is 7.31. The number of sulfonamides is 1. The SMILES string of the molecule is CC(=O)N1CC2(C1)CC(CC(=O)NO)(NS(=O)(=O)c1ccc(OCc3cc(C)nc4ccccc34)cc1)C2. The molecule has 1 spiro atoms. The van der Waals surface area contributed by atoms with E-state index >= 15 is 0 Å². The van der Waals surface area contributed by atoms with E-state index in [2.05, 4.69) is 9.71 Å². The maximum Gasteiger partial charge on any atom is 0.245 e. The lowest BCUT2D eigenvalue weighted by molar-refractivity contribution is -0.160. The Morgan fingerprint density at radius 2 is 1.79 bits per heavy atom. The Kier molecular flexibility index (Phi) is 6.62. The number of hydroxylamine groups is 1. The highest BCUT2D eigenvalue weighted by Gasteiger charge is 2.62. The minimum absolute atomic E-state index is 0.0311. The molecule has 11 heteroatoms. The Morgan fingerprint density at radius 3 is 2.45 bits per heavy atom. The van der Waals surface area contributed by atoms with Gasteiger partial charge in [-0.05, 0) is 56.2 Å². The third kappa shape index (κ3) is 5.09. The van der Waals surface area contributed by atoms with Crippen LogP contribution in [-0.4, -0.2) is 54.0 Å². The predicted molar refractivity (Wildman–Crippen MR) is 139 cm³/mol. The fourth-order valence-electron chi connectivity index (χ4n) is 5.91. The first-order valence-electron chi connectivity index (χ1n) is 12.3. The molecule has 3 N–H and O–H groups in total. The average molecular weight is 539 g/mol. The number of hydrogen-bond acceptors (Lipinski definition) is 7. The highest BCUT2D eigenvalue weighted by atomic mass is 32.2. The topological polar surface area (TPSA) is 138 Å². The van der Waals surface area contributed by atoms with Crippen LogP contribution in [0.15, 0.2) is 59.5 Å². The summed E-state index contributed by atoms with van der Waals surface area (Å²) in [6.07, 6.45) is 0.596. The quantitative estimate of drug-likeness (QED) is 0.296. The second-order valence-electron chi connectivity index (χ2n) is 10.5. The van der Waals surface area contributed by atoms with Gasteiger partial charge < -0.3 is 9.64 Å². The van der Waals surface area contributed by atoms with E-state index in [1.165, 1.54) is 19.1 Å². The standard InChI is InChI=1S/C27H30N4O6S/c1-18-11-20(23-5-3-4-6-24(23)28-18)13-37-21-7-9-22(10-8-21)38(35,36)30-27(12-25(33)29-34)14-26(15-27)16-31(17-26)19(2)32/h3-11,30,34H,12-17H2,1-2H3,(H,29,33). The Hall–Kier alpha value is -3.54. The van der Waals surface area contributed by atoms with Gasteiger partial charge in [-0.2, -0.15) is 0 Å². The first-order chi connectivity index (χ1) is 18.0. The van der Waals surface area contributed by atoms with Gasteiger partial charge in [0, 0.05) is 54.0 Å². The molecule has 38 heavy (non-hydrogen) atoms. The third-order valence-corrected chi connectivity index (χ3v) is 8.95. The summed E-state index contributed by atoms with van der Waals surface area (Å²) in [5.41, 5.74) is 3.09. The monoisotopic (exact) mass is 538 g/mol. The second-order valence-corrected chi connectivity index (χ2v) is 12.2. The number of carbonyl (C=O) groups excluding carboxylic acids is 2. The number of nitrogens with one attached hydrogen (secondary N) is 2. The number of aryl methyl sites for hydroxylation is 1. The summed E-state index contributed by atoms with van der Waals surface area (Å²) in [7, 11) is -3.97. The zero-order valence-electron chi connectivity index (χ0n) is 21.2. The van der Waals surface area contributed by atoms with Crippen molar-refractivity contribution < 1.29 is 28.0 Å². The third-order valence-electron chi connectivity index (χ3n) is 7.36. The van der Waals surface area contributed by atoms with Gasteiger partial charge in [0.05, 0.1) is 10.4 Å². The molecule has 0 radical (unpaired) electrons. The molecule has 1 saturated heterocycles. The summed E-state index contributed by atoms with van der Waals surface area (Å²) >= 11 is 0. The molecule has 2 fully saturated rings. The van der Waals surface area contributed by atoms with Gasteiger partial charge in [0.2, 0.25) is 21.8 Å². The van der Waals surface area contributed by atoms with E-state index in [0.29, 0.717) is 38.3 Å². The van der Waals surface area contributed by atoms with E-state index < -0.39 is 21.5 Å². The zero-order chi connectivity index (χ0) is 27.1. The number of carbonyl (C=O) groups is 2. The number of benzene rings is 2. The van der Waals surface area contributed by atoms with Crippen LogP contribution in [0.1, 0.15) is 37.4 Å². The summed E-state index contributed by atoms with van der Waals surface area (Å²) in [5.74, 6) is -0.192. The predicted octanol–water partition coefficient (Wildman–Crippen LogP) is 2.68. The molecular formula is C27H30N4O6S. The normalized spacial score (nSPS) is 17.5. The molecule has 10 nitrogen and oxygen atoms in total. The molecule has 200 valence electrons. The number of para-hydroxylation sites is 1. The Morgan fingerprint density at radius 1 is 1.11 bits per heavy atom. The maximum absolute atomic E-state index is 13.3. The number of aromatic nitrogens is 1. The van der Waals surface area contributed by atoms with Gasteiger partial charge in [-0.25, -0.2) is 18.6 Å². The average Bonchev–Trinajstić information content (AvgIpc) is 2.83. The largest absolute Gasteiger partial charge is 0.489 e. The van der Waals surface area contributed by atoms with E-state index in [0.717, 1.165) is 22.2 Å². The molecule has 2 heterocycles. The summed E-state index contributed by atoms with van der Waals surface area (Å²) in [5, 5.41) is 10.0. The molecular weight excluding hydrogens is 508 g/mol. The molecule has 2 amide bonds. The first-order valence-corrected chi connectivity index (χ1v) is 13.8. The molecule has 0 unspecified atom stereocenters. The highest BCUT2D eigenvalue weighted by Crippen LogP contribution is 2.55. The number of hydrogen-bond donors (Lipinski definition) is 3. The van der Waals surface area contributed by atoms with Crippen LogP contribution in [0.25, 0.3) is 10.9 Å². The van der Waals surface area contributed by atoms with Crippen molar-refractivity contribution in [2.45, 2.75) is 50.2 Å². The van der Waals surface area contributed by atoms with E-state index in [4.69, 9.17) is 9.94 Å². The minimum atomic E-state index is -3.97. The fraction of sp³-hybridized carbons (Fsp3) is 0.370. The number of nitrogens with zero attached hydrogens (tertiary/aromatic N) is 2. The highest BCUT2D eigenvalue weighted by molar-refractivity contribution is 7.89. The number of rotatable bonds is 8. The number of ether oxygens (including phenoxy) is 1. The van der Waals surface area contributed by atoms with Crippen molar-refractivity contribution in [1.29, 1.82) is 0 Å². The van der Waals surface area contributed by atoms with E-state index in [9.17, 15) is 18.0 Å². The minimum Gasteiger partial charge on any atom is -0.489 e. The molecule has 1 aliphatic carbocycles. The molecule has 2 aromatic carbocycles. The van der Waals surface area contributed by atoms with Gasteiger partial charge in [0.25, 0.3) is 0 Å². The zero-order valence-corrected chi connectivity index (χ0v) is 22.0. The lowest BCUT2D eigenvalue weighted by Crippen LogP contribution is -2.73. The molecule has 1 saturated carbocycles. The number of likely N-dealkylation sites (tertiary alicyclic amines) is 1. The molecule has 5 rings (SSSR count). The van der Waals surface area contributed by atoms with Crippen LogP contribution < -0.4 is 14.9 Å².